The smallest absolute Gasteiger partial charge is 0.0465 e. The second-order valence-corrected chi connectivity index (χ2v) is 5.25. The number of nitrogens with one attached hydrogen (secondary N) is 1. The van der Waals surface area contributed by atoms with Crippen molar-refractivity contribution >= 4 is 34.8 Å². The highest BCUT2D eigenvalue weighted by molar-refractivity contribution is 6.35. The van der Waals surface area contributed by atoms with Gasteiger partial charge in [-0.1, -0.05) is 36.2 Å². The highest BCUT2D eigenvalue weighted by atomic mass is 35.5. The maximum atomic E-state index is 6.09. The van der Waals surface area contributed by atoms with E-state index in [9.17, 15) is 0 Å². The van der Waals surface area contributed by atoms with Crippen LogP contribution in [-0.2, 0) is 6.54 Å². The Morgan fingerprint density at radius 1 is 1.31 bits per heavy atom. The molecule has 1 N–H and O–H groups in total. The van der Waals surface area contributed by atoms with Gasteiger partial charge in [0.1, 0.15) is 0 Å². The minimum atomic E-state index is -0.0511. The van der Waals surface area contributed by atoms with Crippen molar-refractivity contribution in [3.05, 3.63) is 33.8 Å². The Labute approximate surface area is 112 Å². The monoisotopic (exact) mass is 279 g/mol. The molecule has 0 spiro atoms. The first kappa shape index (κ1) is 14.1. The zero-order valence-corrected chi connectivity index (χ0v) is 11.8. The molecule has 1 unspecified atom stereocenters. The van der Waals surface area contributed by atoms with Gasteiger partial charge in [0.05, 0.1) is 0 Å². The maximum absolute atomic E-state index is 6.09. The van der Waals surface area contributed by atoms with Crippen LogP contribution in [-0.4, -0.2) is 11.4 Å². The summed E-state index contributed by atoms with van der Waals surface area (Å²) in [6, 6.07) is 5.53. The third-order valence-corrected chi connectivity index (χ3v) is 3.97. The zero-order valence-electron chi connectivity index (χ0n) is 9.49. The van der Waals surface area contributed by atoms with Gasteiger partial charge in [-0.15, -0.1) is 11.6 Å². The first-order valence-electron chi connectivity index (χ1n) is 5.25. The van der Waals surface area contributed by atoms with Crippen LogP contribution in [0, 0.1) is 0 Å². The van der Waals surface area contributed by atoms with Gasteiger partial charge in [-0.3, -0.25) is 0 Å². The van der Waals surface area contributed by atoms with Crippen LogP contribution >= 0.6 is 34.8 Å². The molecular formula is C12H16Cl3N. The van der Waals surface area contributed by atoms with E-state index in [0.29, 0.717) is 22.5 Å². The van der Waals surface area contributed by atoms with E-state index >= 15 is 0 Å². The molecule has 0 aliphatic heterocycles. The largest absolute Gasteiger partial charge is 0.306 e. The minimum Gasteiger partial charge on any atom is -0.306 e. The van der Waals surface area contributed by atoms with Crippen molar-refractivity contribution < 1.29 is 0 Å². The average Bonchev–Trinajstić information content (AvgIpc) is 2.27. The standard InChI is InChI=1S/C12H16Cl3N/c1-3-12(2,8-13)16-7-9-4-5-10(14)6-11(9)15/h4-6,16H,3,7-8H2,1-2H3. The summed E-state index contributed by atoms with van der Waals surface area (Å²) in [6.07, 6.45) is 0.974. The molecule has 0 bridgehead atoms. The summed E-state index contributed by atoms with van der Waals surface area (Å²) < 4.78 is 0. The molecule has 0 radical (unpaired) electrons. The topological polar surface area (TPSA) is 12.0 Å². The first-order valence-corrected chi connectivity index (χ1v) is 6.55. The van der Waals surface area contributed by atoms with E-state index in [4.69, 9.17) is 34.8 Å². The zero-order chi connectivity index (χ0) is 12.2. The lowest BCUT2D eigenvalue weighted by atomic mass is 10.0. The molecule has 1 atom stereocenters. The summed E-state index contributed by atoms with van der Waals surface area (Å²) in [4.78, 5) is 0. The van der Waals surface area contributed by atoms with Gasteiger partial charge in [0.2, 0.25) is 0 Å². The fraction of sp³-hybridized carbons (Fsp3) is 0.500. The molecule has 0 amide bonds. The quantitative estimate of drug-likeness (QED) is 0.784. The summed E-state index contributed by atoms with van der Waals surface area (Å²) in [5.41, 5.74) is 0.987. The van der Waals surface area contributed by atoms with Crippen LogP contribution in [0.25, 0.3) is 0 Å². The van der Waals surface area contributed by atoms with Crippen LogP contribution < -0.4 is 5.32 Å². The van der Waals surface area contributed by atoms with Crippen molar-refractivity contribution in [1.29, 1.82) is 0 Å². The van der Waals surface area contributed by atoms with Crippen molar-refractivity contribution in [2.75, 3.05) is 5.88 Å². The molecule has 1 nitrogen and oxygen atoms in total. The SMILES string of the molecule is CCC(C)(CCl)NCc1ccc(Cl)cc1Cl. The van der Waals surface area contributed by atoms with Gasteiger partial charge in [-0.05, 0) is 31.0 Å². The van der Waals surface area contributed by atoms with Crippen molar-refractivity contribution in [2.45, 2.75) is 32.4 Å². The average molecular weight is 281 g/mol. The van der Waals surface area contributed by atoms with E-state index in [1.807, 2.05) is 12.1 Å². The molecule has 0 aliphatic carbocycles. The Bertz CT molecular complexity index is 348. The summed E-state index contributed by atoms with van der Waals surface area (Å²) in [5, 5.41) is 4.76. The van der Waals surface area contributed by atoms with Gasteiger partial charge in [-0.25, -0.2) is 0 Å². The van der Waals surface area contributed by atoms with Gasteiger partial charge >= 0.3 is 0 Å². The van der Waals surface area contributed by atoms with Crippen LogP contribution in [0.5, 0.6) is 0 Å². The lowest BCUT2D eigenvalue weighted by molar-refractivity contribution is 0.379. The lowest BCUT2D eigenvalue weighted by Crippen LogP contribution is -2.43. The molecule has 0 saturated heterocycles. The highest BCUT2D eigenvalue weighted by Crippen LogP contribution is 2.22. The molecule has 1 aromatic carbocycles. The van der Waals surface area contributed by atoms with Crippen LogP contribution in [0.3, 0.4) is 0 Å². The van der Waals surface area contributed by atoms with Gasteiger partial charge in [0, 0.05) is 28.0 Å². The van der Waals surface area contributed by atoms with Gasteiger partial charge in [-0.2, -0.15) is 0 Å². The number of halogens is 3. The fourth-order valence-electron chi connectivity index (χ4n) is 1.24. The third kappa shape index (κ3) is 3.81. The molecule has 0 aromatic heterocycles. The molecule has 0 aliphatic rings. The Morgan fingerprint density at radius 3 is 2.50 bits per heavy atom. The summed E-state index contributed by atoms with van der Waals surface area (Å²) in [7, 11) is 0. The van der Waals surface area contributed by atoms with Crippen molar-refractivity contribution in [1.82, 2.24) is 5.32 Å². The molecule has 1 rings (SSSR count). The summed E-state index contributed by atoms with van der Waals surface area (Å²) in [6.45, 7) is 4.91. The Balaban J connectivity index is 2.67. The Kier molecular flexibility index (Phi) is 5.39. The summed E-state index contributed by atoms with van der Waals surface area (Å²) >= 11 is 17.8. The Morgan fingerprint density at radius 2 is 2.00 bits per heavy atom. The van der Waals surface area contributed by atoms with Gasteiger partial charge in [0.25, 0.3) is 0 Å². The van der Waals surface area contributed by atoms with Crippen molar-refractivity contribution in [3.63, 3.8) is 0 Å². The van der Waals surface area contributed by atoms with Crippen LogP contribution in [0.4, 0.5) is 0 Å². The normalized spacial score (nSPS) is 14.8. The fourth-order valence-corrected chi connectivity index (χ4v) is 2.00. The second-order valence-electron chi connectivity index (χ2n) is 4.14. The van der Waals surface area contributed by atoms with Gasteiger partial charge in [0.15, 0.2) is 0 Å². The van der Waals surface area contributed by atoms with Crippen LogP contribution in [0.1, 0.15) is 25.8 Å². The molecule has 90 valence electrons. The lowest BCUT2D eigenvalue weighted by Gasteiger charge is -2.27. The second kappa shape index (κ2) is 6.11. The number of alkyl halides is 1. The van der Waals surface area contributed by atoms with E-state index in [1.165, 1.54) is 0 Å². The van der Waals surface area contributed by atoms with E-state index in [-0.39, 0.29) is 5.54 Å². The molecule has 0 saturated carbocycles. The Hall–Kier alpha value is 0.0500. The molecule has 0 fully saturated rings. The predicted octanol–water partition coefficient (Wildman–Crippen LogP) is 4.49. The minimum absolute atomic E-state index is 0.0511. The molecule has 16 heavy (non-hydrogen) atoms. The van der Waals surface area contributed by atoms with E-state index in [1.54, 1.807) is 6.07 Å². The molecule has 1 aromatic rings. The maximum Gasteiger partial charge on any atom is 0.0465 e. The molecule has 4 heteroatoms. The number of hydrogen-bond acceptors (Lipinski definition) is 1. The predicted molar refractivity (Wildman–Crippen MR) is 72.7 cm³/mol. The summed E-state index contributed by atoms with van der Waals surface area (Å²) in [5.74, 6) is 0.578. The van der Waals surface area contributed by atoms with E-state index < -0.39 is 0 Å². The number of benzene rings is 1. The highest BCUT2D eigenvalue weighted by Gasteiger charge is 2.19. The first-order chi connectivity index (χ1) is 7.50. The van der Waals surface area contributed by atoms with E-state index in [2.05, 4.69) is 19.2 Å². The van der Waals surface area contributed by atoms with Gasteiger partial charge < -0.3 is 5.32 Å². The number of rotatable bonds is 5. The molecule has 0 heterocycles. The van der Waals surface area contributed by atoms with Crippen LogP contribution in [0.2, 0.25) is 10.0 Å². The van der Waals surface area contributed by atoms with Crippen molar-refractivity contribution in [2.24, 2.45) is 0 Å². The van der Waals surface area contributed by atoms with Crippen LogP contribution in [0.15, 0.2) is 18.2 Å². The number of hydrogen-bond donors (Lipinski definition) is 1. The molecular weight excluding hydrogens is 264 g/mol. The van der Waals surface area contributed by atoms with E-state index in [0.717, 1.165) is 12.0 Å². The van der Waals surface area contributed by atoms with Crippen molar-refractivity contribution in [3.8, 4) is 0 Å². The third-order valence-electron chi connectivity index (χ3n) is 2.80.